The first kappa shape index (κ1) is 22.8. The number of piperazine rings is 1. The van der Waals surface area contributed by atoms with Gasteiger partial charge in [0.05, 0.1) is 19.7 Å². The van der Waals surface area contributed by atoms with Crippen molar-refractivity contribution < 1.29 is 14.3 Å². The van der Waals surface area contributed by atoms with E-state index >= 15 is 0 Å². The molecule has 0 aromatic heterocycles. The van der Waals surface area contributed by atoms with E-state index in [2.05, 4.69) is 16.0 Å². The summed E-state index contributed by atoms with van der Waals surface area (Å²) in [5, 5.41) is 0. The largest absolute Gasteiger partial charge is 0.496 e. The molecule has 0 aliphatic carbocycles. The summed E-state index contributed by atoms with van der Waals surface area (Å²) in [6.07, 6.45) is -0.281. The molecule has 1 heterocycles. The molecule has 1 unspecified atom stereocenters. The second-order valence-corrected chi connectivity index (χ2v) is 8.37. The van der Waals surface area contributed by atoms with Gasteiger partial charge in [-0.3, -0.25) is 4.99 Å². The highest BCUT2D eigenvalue weighted by Gasteiger charge is 2.26. The van der Waals surface area contributed by atoms with Crippen molar-refractivity contribution in [1.82, 2.24) is 14.7 Å². The molecule has 0 saturated carbocycles. The van der Waals surface area contributed by atoms with Gasteiger partial charge in [-0.2, -0.15) is 0 Å². The number of nitrogens with zero attached hydrogens (tertiary/aromatic N) is 4. The Balaban J connectivity index is 1.98. The van der Waals surface area contributed by atoms with Crippen molar-refractivity contribution in [3.63, 3.8) is 0 Å². The summed E-state index contributed by atoms with van der Waals surface area (Å²) in [7, 11) is 5.71. The highest BCUT2D eigenvalue weighted by Crippen LogP contribution is 2.28. The van der Waals surface area contributed by atoms with Crippen molar-refractivity contribution >= 4 is 12.1 Å². The van der Waals surface area contributed by atoms with E-state index in [4.69, 9.17) is 15.2 Å². The van der Waals surface area contributed by atoms with Gasteiger partial charge in [0.15, 0.2) is 5.96 Å². The molecule has 0 bridgehead atoms. The van der Waals surface area contributed by atoms with Crippen molar-refractivity contribution in [3.05, 3.63) is 29.8 Å². The van der Waals surface area contributed by atoms with E-state index in [9.17, 15) is 4.79 Å². The number of guanidine groups is 1. The van der Waals surface area contributed by atoms with Crippen LogP contribution in [0, 0.1) is 0 Å². The Labute approximate surface area is 174 Å². The Morgan fingerprint density at radius 3 is 2.31 bits per heavy atom. The molecule has 0 radical (unpaired) electrons. The number of carbonyl (C=O) groups is 1. The van der Waals surface area contributed by atoms with Crippen LogP contribution in [0.15, 0.2) is 29.3 Å². The molecule has 2 N–H and O–H groups in total. The molecule has 1 aliphatic heterocycles. The number of methoxy groups -OCH3 is 1. The Hall–Kier alpha value is -2.48. The number of hydrogen-bond donors (Lipinski definition) is 1. The fourth-order valence-electron chi connectivity index (χ4n) is 3.21. The van der Waals surface area contributed by atoms with E-state index in [0.717, 1.165) is 11.3 Å². The number of ether oxygens (including phenoxy) is 2. The van der Waals surface area contributed by atoms with E-state index in [1.54, 1.807) is 12.0 Å². The van der Waals surface area contributed by atoms with Crippen molar-refractivity contribution in [2.45, 2.75) is 32.4 Å². The standard InChI is InChI=1S/C21H35N5O3/c1-21(2,3)29-20(27)26-13-11-25(12-14-26)19(22)23-15-17(24(4)5)16-9-7-8-10-18(16)28-6/h7-10,17H,11-15H2,1-6H3,(H2,22,23). The summed E-state index contributed by atoms with van der Waals surface area (Å²) in [5.41, 5.74) is 6.84. The molecule has 1 amide bonds. The number of para-hydroxylation sites is 1. The van der Waals surface area contributed by atoms with E-state index in [0.29, 0.717) is 38.7 Å². The lowest BCUT2D eigenvalue weighted by molar-refractivity contribution is 0.0186. The van der Waals surface area contributed by atoms with Crippen LogP contribution in [-0.4, -0.2) is 86.3 Å². The summed E-state index contributed by atoms with van der Waals surface area (Å²) >= 11 is 0. The van der Waals surface area contributed by atoms with Crippen LogP contribution < -0.4 is 10.5 Å². The predicted molar refractivity (Wildman–Crippen MR) is 115 cm³/mol. The van der Waals surface area contributed by atoms with Crippen LogP contribution in [0.3, 0.4) is 0 Å². The summed E-state index contributed by atoms with van der Waals surface area (Å²) < 4.78 is 10.9. The number of hydrogen-bond acceptors (Lipinski definition) is 5. The van der Waals surface area contributed by atoms with Gasteiger partial charge in [-0.15, -0.1) is 0 Å². The average molecular weight is 406 g/mol. The number of carbonyl (C=O) groups excluding carboxylic acids is 1. The molecule has 8 heteroatoms. The molecule has 1 atom stereocenters. The molecule has 162 valence electrons. The molecular weight excluding hydrogens is 370 g/mol. The number of rotatable bonds is 5. The first-order chi connectivity index (χ1) is 13.6. The Morgan fingerprint density at radius 2 is 1.76 bits per heavy atom. The molecule has 1 fully saturated rings. The van der Waals surface area contributed by atoms with Crippen molar-refractivity contribution in [2.24, 2.45) is 10.7 Å². The van der Waals surface area contributed by atoms with E-state index in [-0.39, 0.29) is 12.1 Å². The van der Waals surface area contributed by atoms with Crippen LogP contribution in [0.5, 0.6) is 5.75 Å². The first-order valence-corrected chi connectivity index (χ1v) is 9.94. The van der Waals surface area contributed by atoms with Gasteiger partial charge < -0.3 is 29.9 Å². The highest BCUT2D eigenvalue weighted by atomic mass is 16.6. The Morgan fingerprint density at radius 1 is 1.17 bits per heavy atom. The fourth-order valence-corrected chi connectivity index (χ4v) is 3.21. The maximum absolute atomic E-state index is 12.2. The van der Waals surface area contributed by atoms with Crippen molar-refractivity contribution in [2.75, 3.05) is 53.9 Å². The summed E-state index contributed by atoms with van der Waals surface area (Å²) in [5.74, 6) is 1.33. The van der Waals surface area contributed by atoms with Gasteiger partial charge in [0.2, 0.25) is 0 Å². The quantitative estimate of drug-likeness (QED) is 0.597. The van der Waals surface area contributed by atoms with Crippen LogP contribution in [0.1, 0.15) is 32.4 Å². The highest BCUT2D eigenvalue weighted by molar-refractivity contribution is 5.78. The van der Waals surface area contributed by atoms with Gasteiger partial charge in [-0.25, -0.2) is 4.79 Å². The maximum Gasteiger partial charge on any atom is 0.410 e. The van der Waals surface area contributed by atoms with Crippen LogP contribution in [0.2, 0.25) is 0 Å². The molecule has 1 aliphatic rings. The zero-order valence-electron chi connectivity index (χ0n) is 18.5. The van der Waals surface area contributed by atoms with Crippen LogP contribution in [0.4, 0.5) is 4.79 Å². The summed E-state index contributed by atoms with van der Waals surface area (Å²) in [6.45, 7) is 8.53. The number of amides is 1. The smallest absolute Gasteiger partial charge is 0.410 e. The van der Waals surface area contributed by atoms with Gasteiger partial charge in [0.1, 0.15) is 11.4 Å². The topological polar surface area (TPSA) is 83.6 Å². The molecule has 2 rings (SSSR count). The molecule has 1 aromatic rings. The normalized spacial score (nSPS) is 16.7. The Kier molecular flexibility index (Phi) is 7.73. The Bertz CT molecular complexity index is 707. The maximum atomic E-state index is 12.2. The van der Waals surface area contributed by atoms with Crippen LogP contribution >= 0.6 is 0 Å². The number of nitrogens with two attached hydrogens (primary N) is 1. The zero-order chi connectivity index (χ0) is 21.6. The summed E-state index contributed by atoms with van der Waals surface area (Å²) in [6, 6.07) is 8.00. The molecule has 1 saturated heterocycles. The molecule has 8 nitrogen and oxygen atoms in total. The first-order valence-electron chi connectivity index (χ1n) is 9.94. The summed E-state index contributed by atoms with van der Waals surface area (Å²) in [4.78, 5) is 22.7. The van der Waals surface area contributed by atoms with Gasteiger partial charge in [-0.05, 0) is 40.9 Å². The third kappa shape index (κ3) is 6.52. The molecule has 0 spiro atoms. The third-order valence-electron chi connectivity index (χ3n) is 4.80. The minimum atomic E-state index is -0.492. The third-order valence-corrected chi connectivity index (χ3v) is 4.80. The monoisotopic (exact) mass is 405 g/mol. The van der Waals surface area contributed by atoms with Crippen molar-refractivity contribution in [1.29, 1.82) is 0 Å². The lowest BCUT2D eigenvalue weighted by atomic mass is 10.0. The zero-order valence-corrected chi connectivity index (χ0v) is 18.5. The van der Waals surface area contributed by atoms with Crippen molar-refractivity contribution in [3.8, 4) is 5.75 Å². The van der Waals surface area contributed by atoms with Crippen LogP contribution in [-0.2, 0) is 4.74 Å². The van der Waals surface area contributed by atoms with E-state index in [1.165, 1.54) is 0 Å². The van der Waals surface area contributed by atoms with Gasteiger partial charge in [0, 0.05) is 31.7 Å². The lowest BCUT2D eigenvalue weighted by Crippen LogP contribution is -2.53. The molecular formula is C21H35N5O3. The minimum Gasteiger partial charge on any atom is -0.496 e. The lowest BCUT2D eigenvalue weighted by Gasteiger charge is -2.36. The number of aliphatic imine (C=N–C) groups is 1. The van der Waals surface area contributed by atoms with E-state index < -0.39 is 5.60 Å². The minimum absolute atomic E-state index is 0.0488. The van der Waals surface area contributed by atoms with Crippen LogP contribution in [0.25, 0.3) is 0 Å². The molecule has 29 heavy (non-hydrogen) atoms. The SMILES string of the molecule is COc1ccccc1C(CN=C(N)N1CCN(C(=O)OC(C)(C)C)CC1)N(C)C. The van der Waals surface area contributed by atoms with E-state index in [1.807, 2.05) is 58.0 Å². The van der Waals surface area contributed by atoms with Gasteiger partial charge in [-0.1, -0.05) is 18.2 Å². The second kappa shape index (κ2) is 9.82. The predicted octanol–water partition coefficient (Wildman–Crippen LogP) is 2.17. The fraction of sp³-hybridized carbons (Fsp3) is 0.619. The number of likely N-dealkylation sites (N-methyl/N-ethyl adjacent to an activating group) is 1. The second-order valence-electron chi connectivity index (χ2n) is 8.37. The van der Waals surface area contributed by atoms with Gasteiger partial charge >= 0.3 is 6.09 Å². The number of benzene rings is 1. The van der Waals surface area contributed by atoms with Gasteiger partial charge in [0.25, 0.3) is 0 Å². The molecule has 1 aromatic carbocycles. The average Bonchev–Trinajstić information content (AvgIpc) is 2.67.